The molecule has 1 fully saturated rings. The van der Waals surface area contributed by atoms with Gasteiger partial charge < -0.3 is 0 Å². The van der Waals surface area contributed by atoms with Gasteiger partial charge in [0.2, 0.25) is 0 Å². The van der Waals surface area contributed by atoms with Crippen LogP contribution in [0, 0.1) is 5.92 Å². The van der Waals surface area contributed by atoms with Crippen LogP contribution in [-0.4, -0.2) is 41.3 Å². The van der Waals surface area contributed by atoms with Gasteiger partial charge in [0.05, 0.1) is 6.04 Å². The molecule has 0 N–H and O–H groups in total. The van der Waals surface area contributed by atoms with Crippen LogP contribution in [0.5, 0.6) is 0 Å². The summed E-state index contributed by atoms with van der Waals surface area (Å²) in [7, 11) is 2.08. The van der Waals surface area contributed by atoms with Crippen molar-refractivity contribution in [2.75, 3.05) is 19.3 Å². The molecule has 0 aliphatic carbocycles. The second kappa shape index (κ2) is 5.90. The number of likely N-dealkylation sites (tertiary alicyclic amines) is 1. The van der Waals surface area contributed by atoms with Crippen LogP contribution >= 0.6 is 11.8 Å². The molecule has 2 nitrogen and oxygen atoms in total. The van der Waals surface area contributed by atoms with Gasteiger partial charge in [0.25, 0.3) is 0 Å². The summed E-state index contributed by atoms with van der Waals surface area (Å²) in [5, 5.41) is 0.661. The van der Waals surface area contributed by atoms with E-state index in [0.717, 1.165) is 13.0 Å². The molecule has 0 bridgehead atoms. The van der Waals surface area contributed by atoms with Gasteiger partial charge in [0, 0.05) is 11.8 Å². The van der Waals surface area contributed by atoms with Crippen LogP contribution in [0.4, 0.5) is 0 Å². The van der Waals surface area contributed by atoms with Gasteiger partial charge in [0.1, 0.15) is 5.78 Å². The monoisotopic (exact) mass is 229 g/mol. The molecule has 88 valence electrons. The molecule has 1 aliphatic heterocycles. The number of hydrogen-bond acceptors (Lipinski definition) is 3. The molecule has 0 aromatic carbocycles. The van der Waals surface area contributed by atoms with Crippen molar-refractivity contribution in [1.29, 1.82) is 0 Å². The molecule has 1 aliphatic rings. The predicted octanol–water partition coefficient (Wildman–Crippen LogP) is 2.43. The topological polar surface area (TPSA) is 20.3 Å². The fraction of sp³-hybridized carbons (Fsp3) is 0.917. The second-order valence-electron chi connectivity index (χ2n) is 4.48. The molecule has 0 radical (unpaired) electrons. The number of carbonyl (C=O) groups is 1. The summed E-state index contributed by atoms with van der Waals surface area (Å²) in [6.45, 7) is 7.23. The molecule has 15 heavy (non-hydrogen) atoms. The van der Waals surface area contributed by atoms with Crippen LogP contribution in [-0.2, 0) is 4.79 Å². The number of likely N-dealkylation sites (N-methyl/N-ethyl adjacent to an activating group) is 1. The van der Waals surface area contributed by atoms with Gasteiger partial charge in [-0.3, -0.25) is 9.69 Å². The van der Waals surface area contributed by atoms with Gasteiger partial charge in [-0.05, 0) is 32.1 Å². The van der Waals surface area contributed by atoms with Crippen LogP contribution in [0.2, 0.25) is 0 Å². The van der Waals surface area contributed by atoms with E-state index in [2.05, 4.69) is 25.8 Å². The fourth-order valence-electron chi connectivity index (χ4n) is 2.61. The number of nitrogens with zero attached hydrogens (tertiary/aromatic N) is 1. The summed E-state index contributed by atoms with van der Waals surface area (Å²) < 4.78 is 0. The largest absolute Gasteiger partial charge is 0.298 e. The summed E-state index contributed by atoms with van der Waals surface area (Å²) in [6, 6.07) is 0.171. The number of rotatable bonds is 5. The molecule has 1 heterocycles. The molecule has 0 saturated carbocycles. The van der Waals surface area contributed by atoms with Crippen molar-refractivity contribution in [2.24, 2.45) is 5.92 Å². The molecule has 0 aromatic heterocycles. The molecule has 3 unspecified atom stereocenters. The Labute approximate surface area is 97.8 Å². The SMILES string of the molecule is CCCSC1CN(C)C(C(C)=O)C1CC. The van der Waals surface area contributed by atoms with E-state index in [9.17, 15) is 4.79 Å². The van der Waals surface area contributed by atoms with Gasteiger partial charge in [-0.2, -0.15) is 11.8 Å². The average Bonchev–Trinajstić information content (AvgIpc) is 2.51. The maximum atomic E-state index is 11.6. The molecule has 1 saturated heterocycles. The lowest BCUT2D eigenvalue weighted by molar-refractivity contribution is -0.121. The van der Waals surface area contributed by atoms with E-state index in [-0.39, 0.29) is 6.04 Å². The predicted molar refractivity (Wildman–Crippen MR) is 67.4 cm³/mol. The van der Waals surface area contributed by atoms with Gasteiger partial charge >= 0.3 is 0 Å². The van der Waals surface area contributed by atoms with Crippen molar-refractivity contribution >= 4 is 17.5 Å². The first kappa shape index (κ1) is 13.0. The highest BCUT2D eigenvalue weighted by Gasteiger charge is 2.40. The van der Waals surface area contributed by atoms with Crippen LogP contribution < -0.4 is 0 Å². The number of thioether (sulfide) groups is 1. The first-order valence-electron chi connectivity index (χ1n) is 5.94. The molecule has 0 spiro atoms. The lowest BCUT2D eigenvalue weighted by atomic mass is 9.94. The average molecular weight is 229 g/mol. The van der Waals surface area contributed by atoms with Crippen LogP contribution in [0.15, 0.2) is 0 Å². The Morgan fingerprint density at radius 1 is 1.47 bits per heavy atom. The summed E-state index contributed by atoms with van der Waals surface area (Å²) in [4.78, 5) is 13.8. The van der Waals surface area contributed by atoms with Crippen molar-refractivity contribution in [2.45, 2.75) is 44.9 Å². The summed E-state index contributed by atoms with van der Waals surface area (Å²) in [6.07, 6.45) is 2.35. The van der Waals surface area contributed by atoms with E-state index in [4.69, 9.17) is 0 Å². The van der Waals surface area contributed by atoms with Crippen molar-refractivity contribution in [3.63, 3.8) is 0 Å². The van der Waals surface area contributed by atoms with Crippen molar-refractivity contribution < 1.29 is 4.79 Å². The Balaban J connectivity index is 2.64. The summed E-state index contributed by atoms with van der Waals surface area (Å²) in [5.74, 6) is 2.12. The normalized spacial score (nSPS) is 32.1. The third kappa shape index (κ3) is 2.97. The molecule has 3 atom stereocenters. The highest BCUT2D eigenvalue weighted by Crippen LogP contribution is 2.35. The number of carbonyl (C=O) groups excluding carboxylic acids is 1. The Morgan fingerprint density at radius 3 is 2.60 bits per heavy atom. The molecular weight excluding hydrogens is 206 g/mol. The third-order valence-electron chi connectivity index (χ3n) is 3.25. The minimum absolute atomic E-state index is 0.171. The van der Waals surface area contributed by atoms with Crippen LogP contribution in [0.3, 0.4) is 0 Å². The maximum Gasteiger partial charge on any atom is 0.147 e. The number of ketones is 1. The number of Topliss-reactive ketones (excluding diaryl/α,β-unsaturated/α-hetero) is 1. The Morgan fingerprint density at radius 2 is 2.13 bits per heavy atom. The van der Waals surface area contributed by atoms with Crippen LogP contribution in [0.1, 0.15) is 33.6 Å². The Hall–Kier alpha value is -0.0200. The summed E-state index contributed by atoms with van der Waals surface area (Å²) >= 11 is 2.05. The molecular formula is C12H23NOS. The second-order valence-corrected chi connectivity index (χ2v) is 5.82. The highest BCUT2D eigenvalue weighted by atomic mass is 32.2. The van der Waals surface area contributed by atoms with E-state index < -0.39 is 0 Å². The Bertz CT molecular complexity index is 220. The van der Waals surface area contributed by atoms with Gasteiger partial charge in [0.15, 0.2) is 0 Å². The highest BCUT2D eigenvalue weighted by molar-refractivity contribution is 7.99. The third-order valence-corrected chi connectivity index (χ3v) is 4.82. The zero-order chi connectivity index (χ0) is 11.4. The van der Waals surface area contributed by atoms with E-state index in [1.165, 1.54) is 12.2 Å². The van der Waals surface area contributed by atoms with Gasteiger partial charge in [-0.1, -0.05) is 20.3 Å². The minimum Gasteiger partial charge on any atom is -0.298 e. The minimum atomic E-state index is 0.171. The Kier molecular flexibility index (Phi) is 5.13. The quantitative estimate of drug-likeness (QED) is 0.722. The molecule has 3 heteroatoms. The van der Waals surface area contributed by atoms with Gasteiger partial charge in [-0.25, -0.2) is 0 Å². The molecule has 1 rings (SSSR count). The smallest absolute Gasteiger partial charge is 0.147 e. The first-order chi connectivity index (χ1) is 7.11. The fourth-order valence-corrected chi connectivity index (χ4v) is 4.07. The lowest BCUT2D eigenvalue weighted by Crippen LogP contribution is -2.35. The van der Waals surface area contributed by atoms with E-state index in [0.29, 0.717) is 17.0 Å². The van der Waals surface area contributed by atoms with Crippen molar-refractivity contribution in [1.82, 2.24) is 4.90 Å². The zero-order valence-corrected chi connectivity index (χ0v) is 11.1. The molecule has 0 amide bonds. The standard InChI is InChI=1S/C12H23NOS/c1-5-7-15-11-8-13(4)12(9(3)14)10(11)6-2/h10-12H,5-8H2,1-4H3. The summed E-state index contributed by atoms with van der Waals surface area (Å²) in [5.41, 5.74) is 0. The maximum absolute atomic E-state index is 11.6. The van der Waals surface area contributed by atoms with Crippen molar-refractivity contribution in [3.8, 4) is 0 Å². The van der Waals surface area contributed by atoms with Crippen molar-refractivity contribution in [3.05, 3.63) is 0 Å². The molecule has 0 aromatic rings. The zero-order valence-electron chi connectivity index (χ0n) is 10.3. The first-order valence-corrected chi connectivity index (χ1v) is 6.98. The van der Waals surface area contributed by atoms with E-state index in [1.807, 2.05) is 11.8 Å². The van der Waals surface area contributed by atoms with E-state index in [1.54, 1.807) is 6.92 Å². The van der Waals surface area contributed by atoms with Gasteiger partial charge in [-0.15, -0.1) is 0 Å². The van der Waals surface area contributed by atoms with E-state index >= 15 is 0 Å². The lowest BCUT2D eigenvalue weighted by Gasteiger charge is -2.22. The van der Waals surface area contributed by atoms with Crippen LogP contribution in [0.25, 0.3) is 0 Å². The number of hydrogen-bond donors (Lipinski definition) is 0.